The van der Waals surface area contributed by atoms with Crippen molar-refractivity contribution in [2.24, 2.45) is 0 Å². The van der Waals surface area contributed by atoms with Crippen LogP contribution >= 0.6 is 11.8 Å². The Balaban J connectivity index is 1.49. The summed E-state index contributed by atoms with van der Waals surface area (Å²) in [5.74, 6) is -0.415. The zero-order chi connectivity index (χ0) is 20.6. The Bertz CT molecular complexity index is 1130. The van der Waals surface area contributed by atoms with E-state index >= 15 is 0 Å². The number of alkyl halides is 3. The largest absolute Gasteiger partial charge is 0.416 e. The Labute approximate surface area is 167 Å². The molecule has 2 aromatic carbocycles. The van der Waals surface area contributed by atoms with Crippen molar-refractivity contribution >= 4 is 40.0 Å². The average molecular weight is 417 g/mol. The number of benzene rings is 2. The van der Waals surface area contributed by atoms with Gasteiger partial charge in [-0.2, -0.15) is 13.2 Å². The van der Waals surface area contributed by atoms with E-state index in [0.717, 1.165) is 46.1 Å². The Morgan fingerprint density at radius 2 is 1.86 bits per heavy atom. The van der Waals surface area contributed by atoms with Crippen molar-refractivity contribution in [1.29, 1.82) is 0 Å². The first-order valence-electron chi connectivity index (χ1n) is 8.65. The maximum atomic E-state index is 12.6. The third-order valence-electron chi connectivity index (χ3n) is 4.51. The van der Waals surface area contributed by atoms with Gasteiger partial charge in [0.1, 0.15) is 0 Å². The molecular weight excluding hydrogens is 403 g/mol. The number of rotatable bonds is 4. The highest BCUT2D eigenvalue weighted by Crippen LogP contribution is 2.29. The molecule has 0 saturated carbocycles. The molecule has 29 heavy (non-hydrogen) atoms. The van der Waals surface area contributed by atoms with Crippen LogP contribution in [0.25, 0.3) is 17.1 Å². The summed E-state index contributed by atoms with van der Waals surface area (Å²) in [4.78, 5) is 27.6. The third-order valence-corrected chi connectivity index (χ3v) is 5.32. The van der Waals surface area contributed by atoms with E-state index in [1.165, 1.54) is 12.1 Å². The number of nitrogens with one attached hydrogen (secondary N) is 1. The summed E-state index contributed by atoms with van der Waals surface area (Å²) >= 11 is 0.853. The number of thioether (sulfide) groups is 1. The first-order valence-corrected chi connectivity index (χ1v) is 9.47. The number of aromatic nitrogens is 2. The van der Waals surface area contributed by atoms with Gasteiger partial charge in [0.2, 0.25) is 0 Å². The minimum Gasteiger partial charge on any atom is -0.330 e. The summed E-state index contributed by atoms with van der Waals surface area (Å²) in [6.07, 6.45) is -0.469. The van der Waals surface area contributed by atoms with Gasteiger partial charge >= 0.3 is 6.18 Å². The maximum Gasteiger partial charge on any atom is 0.416 e. The molecule has 1 saturated heterocycles. The average Bonchev–Trinajstić information content (AvgIpc) is 3.21. The van der Waals surface area contributed by atoms with Gasteiger partial charge in [0.05, 0.1) is 27.8 Å². The first kappa shape index (κ1) is 19.3. The summed E-state index contributed by atoms with van der Waals surface area (Å²) in [5.41, 5.74) is 2.49. The second kappa shape index (κ2) is 7.40. The number of fused-ring (bicyclic) bond motifs is 1. The molecule has 148 valence electrons. The van der Waals surface area contributed by atoms with Gasteiger partial charge in [-0.1, -0.05) is 18.2 Å². The molecule has 9 heteroatoms. The van der Waals surface area contributed by atoms with Crippen molar-refractivity contribution in [3.05, 3.63) is 70.4 Å². The fourth-order valence-electron chi connectivity index (χ4n) is 3.03. The quantitative estimate of drug-likeness (QED) is 0.629. The molecule has 5 nitrogen and oxygen atoms in total. The zero-order valence-electron chi connectivity index (χ0n) is 14.9. The van der Waals surface area contributed by atoms with Crippen molar-refractivity contribution < 1.29 is 22.8 Å². The van der Waals surface area contributed by atoms with E-state index in [4.69, 9.17) is 0 Å². The third kappa shape index (κ3) is 4.19. The molecule has 1 aromatic heterocycles. The van der Waals surface area contributed by atoms with Gasteiger partial charge in [0.15, 0.2) is 0 Å². The van der Waals surface area contributed by atoms with Crippen LogP contribution in [-0.4, -0.2) is 20.7 Å². The predicted molar refractivity (Wildman–Crippen MR) is 104 cm³/mol. The van der Waals surface area contributed by atoms with E-state index in [1.54, 1.807) is 12.4 Å². The highest BCUT2D eigenvalue weighted by molar-refractivity contribution is 8.18. The van der Waals surface area contributed by atoms with Crippen LogP contribution in [0, 0.1) is 0 Å². The molecule has 4 rings (SSSR count). The van der Waals surface area contributed by atoms with Gasteiger partial charge in [0.25, 0.3) is 11.1 Å². The van der Waals surface area contributed by atoms with E-state index in [0.29, 0.717) is 17.9 Å². The van der Waals surface area contributed by atoms with Crippen molar-refractivity contribution in [2.45, 2.75) is 19.1 Å². The number of nitrogens with zero attached hydrogens (tertiary/aromatic N) is 2. The van der Waals surface area contributed by atoms with Crippen LogP contribution in [0.15, 0.2) is 53.7 Å². The summed E-state index contributed by atoms with van der Waals surface area (Å²) in [6.45, 7) is 0.565. The number of imide groups is 1. The van der Waals surface area contributed by atoms with Crippen molar-refractivity contribution in [3.63, 3.8) is 0 Å². The van der Waals surface area contributed by atoms with Crippen LogP contribution in [-0.2, 0) is 23.9 Å². The smallest absolute Gasteiger partial charge is 0.330 e. The van der Waals surface area contributed by atoms with Crippen LogP contribution in [0.5, 0.6) is 0 Å². The van der Waals surface area contributed by atoms with Crippen LogP contribution in [0.2, 0.25) is 0 Å². The lowest BCUT2D eigenvalue weighted by Crippen LogP contribution is -2.17. The van der Waals surface area contributed by atoms with Crippen LogP contribution in [0.4, 0.5) is 18.0 Å². The summed E-state index contributed by atoms with van der Waals surface area (Å²) in [5, 5.41) is 1.81. The lowest BCUT2D eigenvalue weighted by Gasteiger charge is -2.08. The lowest BCUT2D eigenvalue weighted by atomic mass is 10.1. The molecule has 0 spiro atoms. The van der Waals surface area contributed by atoms with E-state index in [-0.39, 0.29) is 0 Å². The van der Waals surface area contributed by atoms with E-state index < -0.39 is 22.9 Å². The Morgan fingerprint density at radius 1 is 1.10 bits per heavy atom. The normalized spacial score (nSPS) is 16.0. The molecule has 3 aromatic rings. The minimum atomic E-state index is -4.34. The molecule has 0 radical (unpaired) electrons. The molecule has 1 fully saturated rings. The number of carbonyl (C=O) groups excluding carboxylic acids is 2. The second-order valence-corrected chi connectivity index (χ2v) is 7.50. The number of carbonyl (C=O) groups is 2. The van der Waals surface area contributed by atoms with Crippen molar-refractivity contribution in [2.75, 3.05) is 0 Å². The van der Waals surface area contributed by atoms with Gasteiger partial charge in [-0.05, 0) is 59.7 Å². The summed E-state index contributed by atoms with van der Waals surface area (Å²) in [6, 6.07) is 10.6. The highest BCUT2D eigenvalue weighted by Gasteiger charge is 2.29. The molecule has 0 bridgehead atoms. The number of aryl methyl sites for hydroxylation is 2. The predicted octanol–water partition coefficient (Wildman–Crippen LogP) is 4.62. The SMILES string of the molecule is O=C1NC(=O)/C(=C/c2ccc3c(c2)ncn3CCc2ccc(C(F)(F)F)cc2)S1. The van der Waals surface area contributed by atoms with E-state index in [1.807, 2.05) is 22.8 Å². The van der Waals surface area contributed by atoms with Crippen LogP contribution in [0.1, 0.15) is 16.7 Å². The molecule has 1 N–H and O–H groups in total. The van der Waals surface area contributed by atoms with Gasteiger partial charge in [-0.25, -0.2) is 4.98 Å². The fourth-order valence-corrected chi connectivity index (χ4v) is 3.71. The summed E-state index contributed by atoms with van der Waals surface area (Å²) < 4.78 is 39.9. The highest BCUT2D eigenvalue weighted by atomic mass is 32.2. The van der Waals surface area contributed by atoms with Gasteiger partial charge in [0, 0.05) is 6.54 Å². The van der Waals surface area contributed by atoms with Crippen molar-refractivity contribution in [1.82, 2.24) is 14.9 Å². The van der Waals surface area contributed by atoms with Crippen LogP contribution < -0.4 is 5.32 Å². The van der Waals surface area contributed by atoms with E-state index in [9.17, 15) is 22.8 Å². The fraction of sp³-hybridized carbons (Fsp3) is 0.150. The number of halogens is 3. The summed E-state index contributed by atoms with van der Waals surface area (Å²) in [7, 11) is 0. The molecule has 0 atom stereocenters. The molecule has 0 unspecified atom stereocenters. The standard InChI is InChI=1S/C20H14F3N3O2S/c21-20(22,23)14-4-1-12(2-5-14)7-8-26-11-24-15-9-13(3-6-16(15)26)10-17-18(27)25-19(28)29-17/h1-6,9-11H,7-8H2,(H,25,27,28)/b17-10-. The second-order valence-electron chi connectivity index (χ2n) is 6.48. The number of amides is 2. The van der Waals surface area contributed by atoms with Crippen molar-refractivity contribution in [3.8, 4) is 0 Å². The number of imidazole rings is 1. The monoisotopic (exact) mass is 417 g/mol. The maximum absolute atomic E-state index is 12.6. The topological polar surface area (TPSA) is 64.0 Å². The number of hydrogen-bond donors (Lipinski definition) is 1. The minimum absolute atomic E-state index is 0.330. The lowest BCUT2D eigenvalue weighted by molar-refractivity contribution is -0.137. The Morgan fingerprint density at radius 3 is 2.52 bits per heavy atom. The molecule has 2 amide bonds. The van der Waals surface area contributed by atoms with Gasteiger partial charge in [-0.15, -0.1) is 0 Å². The van der Waals surface area contributed by atoms with Gasteiger partial charge < -0.3 is 4.57 Å². The molecular formula is C20H14F3N3O2S. The molecule has 2 heterocycles. The Kier molecular flexibility index (Phi) is 4.91. The molecule has 1 aliphatic rings. The van der Waals surface area contributed by atoms with E-state index in [2.05, 4.69) is 10.3 Å². The van der Waals surface area contributed by atoms with Crippen LogP contribution in [0.3, 0.4) is 0 Å². The molecule has 1 aliphatic heterocycles. The van der Waals surface area contributed by atoms with Gasteiger partial charge in [-0.3, -0.25) is 14.9 Å². The Hall–Kier alpha value is -3.07. The zero-order valence-corrected chi connectivity index (χ0v) is 15.7. The molecule has 0 aliphatic carbocycles. The number of hydrogen-bond acceptors (Lipinski definition) is 4. The first-order chi connectivity index (χ1) is 13.8.